The molecular weight excluding hydrogens is 972 g/mol. The van der Waals surface area contributed by atoms with Crippen LogP contribution in [0.1, 0.15) is 101 Å². The fourth-order valence-corrected chi connectivity index (χ4v) is 9.45. The second-order valence-electron chi connectivity index (χ2n) is 18.2. The van der Waals surface area contributed by atoms with Gasteiger partial charge in [0, 0.05) is 28.1 Å². The van der Waals surface area contributed by atoms with Gasteiger partial charge < -0.3 is 5.32 Å². The van der Waals surface area contributed by atoms with Crippen LogP contribution in [0, 0.1) is 12.4 Å². The van der Waals surface area contributed by atoms with E-state index >= 15 is 0 Å². The van der Waals surface area contributed by atoms with Crippen LogP contribution in [0.5, 0.6) is 0 Å². The molecule has 329 valence electrons. The van der Waals surface area contributed by atoms with Crippen molar-refractivity contribution < 1.29 is 26.9 Å². The summed E-state index contributed by atoms with van der Waals surface area (Å²) in [6.45, 7) is 18.3. The molecule has 1 heterocycles. The van der Waals surface area contributed by atoms with Crippen LogP contribution in [0.2, 0.25) is 0 Å². The Morgan fingerprint density at radius 3 is 1.37 bits per heavy atom. The molecular formula is C61H58AuN3-. The van der Waals surface area contributed by atoms with Crippen molar-refractivity contribution in [2.24, 2.45) is 0 Å². The predicted molar refractivity (Wildman–Crippen MR) is 270 cm³/mol. The van der Waals surface area contributed by atoms with Gasteiger partial charge in [-0.1, -0.05) is 224 Å². The molecule has 0 bridgehead atoms. The molecule has 1 aromatic heterocycles. The minimum Gasteiger partial charge on any atom is -0.373 e. The van der Waals surface area contributed by atoms with Crippen molar-refractivity contribution in [1.29, 1.82) is 0 Å². The number of rotatable bonds is 8. The molecule has 1 aliphatic carbocycles. The van der Waals surface area contributed by atoms with E-state index in [-0.39, 0.29) is 22.4 Å². The van der Waals surface area contributed by atoms with Gasteiger partial charge in [-0.25, -0.2) is 0 Å². The molecule has 0 saturated heterocycles. The Balaban J connectivity index is 0.000000175. The summed E-state index contributed by atoms with van der Waals surface area (Å²) in [6.07, 6.45) is 3.84. The van der Waals surface area contributed by atoms with E-state index in [9.17, 15) is 0 Å². The molecule has 0 spiro atoms. The molecule has 10 rings (SSSR count). The normalized spacial score (nSPS) is 11.5. The third-order valence-electron chi connectivity index (χ3n) is 12.6. The number of fused-ring (bicyclic) bond motifs is 9. The maximum atomic E-state index is 3.84. The van der Waals surface area contributed by atoms with Gasteiger partial charge in [0.25, 0.3) is 6.33 Å². The van der Waals surface area contributed by atoms with Gasteiger partial charge in [0.15, 0.2) is 0 Å². The molecule has 0 saturated carbocycles. The Morgan fingerprint density at radius 1 is 0.415 bits per heavy atom. The first kappa shape index (κ1) is 45.3. The van der Waals surface area contributed by atoms with E-state index in [1.807, 2.05) is 18.2 Å². The zero-order chi connectivity index (χ0) is 44.5. The van der Waals surface area contributed by atoms with E-state index in [1.165, 1.54) is 83.6 Å². The SMILES string of the molecule is CC(C)c1cccc(C(C)C)c1-n1[c-][n+](-c2c(C(C)C)cccc2C(C)C)c2ccccc21.[Au].[c-]1c(Nc2ccccc2)ccc2c1-c1ccccc1-c1ccccc1-c1ccccc1-2. The maximum absolute atomic E-state index is 3.84. The summed E-state index contributed by atoms with van der Waals surface area (Å²) in [6, 6.07) is 66.6. The molecule has 3 nitrogen and oxygen atoms in total. The molecule has 1 aliphatic rings. The zero-order valence-electron chi connectivity index (χ0n) is 38.7. The molecule has 8 aromatic carbocycles. The number of aromatic nitrogens is 2. The van der Waals surface area contributed by atoms with Gasteiger partial charge in [-0.05, 0) is 80.4 Å². The van der Waals surface area contributed by atoms with Gasteiger partial charge in [0.1, 0.15) is 0 Å². The predicted octanol–water partition coefficient (Wildman–Crippen LogP) is 16.4. The van der Waals surface area contributed by atoms with Crippen molar-refractivity contribution >= 4 is 22.4 Å². The molecule has 0 unspecified atom stereocenters. The molecule has 65 heavy (non-hydrogen) atoms. The van der Waals surface area contributed by atoms with Crippen LogP contribution in [0.4, 0.5) is 11.4 Å². The van der Waals surface area contributed by atoms with E-state index in [2.05, 4.69) is 240 Å². The molecule has 0 fully saturated rings. The van der Waals surface area contributed by atoms with Crippen LogP contribution in [0.25, 0.3) is 66.9 Å². The Hall–Kier alpha value is -6.23. The zero-order valence-corrected chi connectivity index (χ0v) is 40.9. The van der Waals surface area contributed by atoms with Crippen molar-refractivity contribution in [3.8, 4) is 55.9 Å². The number of nitrogens with one attached hydrogen (secondary N) is 1. The number of para-hydroxylation sites is 5. The minimum absolute atomic E-state index is 0. The molecule has 0 aliphatic heterocycles. The van der Waals surface area contributed by atoms with Gasteiger partial charge in [-0.3, -0.25) is 9.13 Å². The van der Waals surface area contributed by atoms with Crippen molar-refractivity contribution in [3.63, 3.8) is 0 Å². The molecule has 0 atom stereocenters. The van der Waals surface area contributed by atoms with E-state index in [4.69, 9.17) is 0 Å². The average molecular weight is 1030 g/mol. The first-order valence-corrected chi connectivity index (χ1v) is 23.0. The summed E-state index contributed by atoms with van der Waals surface area (Å²) in [7, 11) is 0. The van der Waals surface area contributed by atoms with Crippen LogP contribution in [-0.2, 0) is 22.4 Å². The van der Waals surface area contributed by atoms with Crippen molar-refractivity contribution in [3.05, 3.63) is 211 Å². The summed E-state index contributed by atoms with van der Waals surface area (Å²) >= 11 is 0. The summed E-state index contributed by atoms with van der Waals surface area (Å²) in [4.78, 5) is 0. The van der Waals surface area contributed by atoms with Gasteiger partial charge in [-0.15, -0.1) is 29.3 Å². The van der Waals surface area contributed by atoms with E-state index < -0.39 is 0 Å². The second kappa shape index (κ2) is 19.5. The van der Waals surface area contributed by atoms with Gasteiger partial charge in [-0.2, -0.15) is 0 Å². The summed E-state index contributed by atoms with van der Waals surface area (Å²) in [5, 5.41) is 3.51. The fraction of sp³-hybridized carbons (Fsp3) is 0.197. The monoisotopic (exact) mass is 1030 g/mol. The summed E-state index contributed by atoms with van der Waals surface area (Å²) in [5.41, 5.74) is 22.2. The number of imidazole rings is 1. The third kappa shape index (κ3) is 8.82. The van der Waals surface area contributed by atoms with Crippen LogP contribution in [0.3, 0.4) is 0 Å². The summed E-state index contributed by atoms with van der Waals surface area (Å²) < 4.78 is 4.64. The minimum atomic E-state index is 0. The smallest absolute Gasteiger partial charge is 0.269 e. The molecule has 4 heteroatoms. The van der Waals surface area contributed by atoms with Gasteiger partial charge in [0.2, 0.25) is 0 Å². The average Bonchev–Trinajstić information content (AvgIpc) is 3.70. The van der Waals surface area contributed by atoms with Crippen LogP contribution < -0.4 is 9.88 Å². The fourth-order valence-electron chi connectivity index (χ4n) is 9.45. The van der Waals surface area contributed by atoms with Crippen LogP contribution >= 0.6 is 0 Å². The number of benzene rings is 8. The van der Waals surface area contributed by atoms with Crippen molar-refractivity contribution in [2.75, 3.05) is 5.32 Å². The molecule has 1 N–H and O–H groups in total. The largest absolute Gasteiger partial charge is 0.373 e. The Labute approximate surface area is 402 Å². The van der Waals surface area contributed by atoms with Gasteiger partial charge in [0.05, 0.1) is 22.4 Å². The Morgan fingerprint density at radius 2 is 0.846 bits per heavy atom. The third-order valence-corrected chi connectivity index (χ3v) is 12.6. The molecule has 1 radical (unpaired) electrons. The Bertz CT molecular complexity index is 2940. The first-order valence-electron chi connectivity index (χ1n) is 23.0. The first-order chi connectivity index (χ1) is 31.1. The number of hydrogen-bond donors (Lipinski definition) is 1. The number of anilines is 2. The van der Waals surface area contributed by atoms with E-state index in [0.29, 0.717) is 23.7 Å². The van der Waals surface area contributed by atoms with E-state index in [0.717, 1.165) is 16.9 Å². The van der Waals surface area contributed by atoms with Crippen LogP contribution in [0.15, 0.2) is 176 Å². The Kier molecular flexibility index (Phi) is 13.6. The topological polar surface area (TPSA) is 20.8 Å². The maximum Gasteiger partial charge on any atom is 0.269 e. The second-order valence-corrected chi connectivity index (χ2v) is 18.2. The summed E-state index contributed by atoms with van der Waals surface area (Å²) in [5.74, 6) is 1.71. The van der Waals surface area contributed by atoms with E-state index in [1.54, 1.807) is 0 Å². The standard InChI is InChI=1S/C31H38N2.C30H20N.Au/c1-20(2)24-13-11-14-25(21(3)4)30(24)32-19-33(29-18-10-9-17-28(29)32)31-26(22(5)6)15-12-16-27(31)23(7)8;1-2-10-21(11-3-1)31-22-18-19-29-27-16-7-6-14-25(27)23-12-4-5-13-24(23)26-15-8-9-17-28(26)30(29)20-22;/h9-18,20-23H,1-8H3;1-19,31H;/q;-1;. The quantitative estimate of drug-likeness (QED) is 0.0914. The van der Waals surface area contributed by atoms with Crippen molar-refractivity contribution in [2.45, 2.75) is 79.1 Å². The number of nitrogens with zero attached hydrogens (tertiary/aromatic N) is 2. The molecule has 9 aromatic rings. The molecule has 0 amide bonds. The van der Waals surface area contributed by atoms with Crippen LogP contribution in [-0.4, -0.2) is 4.57 Å². The number of hydrogen-bond acceptors (Lipinski definition) is 1. The van der Waals surface area contributed by atoms with Gasteiger partial charge >= 0.3 is 0 Å². The van der Waals surface area contributed by atoms with Crippen molar-refractivity contribution in [1.82, 2.24) is 4.57 Å².